The number of hydrogen-bond acceptors (Lipinski definition) is 4. The van der Waals surface area contributed by atoms with Crippen LogP contribution in [0.1, 0.15) is 64.7 Å². The zero-order valence-electron chi connectivity index (χ0n) is 44.6. The number of hydrogen-bond donors (Lipinski definition) is 4. The predicted octanol–water partition coefficient (Wildman–Crippen LogP) is 15.2. The van der Waals surface area contributed by atoms with E-state index in [0.29, 0.717) is 6.42 Å². The van der Waals surface area contributed by atoms with E-state index in [2.05, 4.69) is 156 Å². The molecule has 1 saturated carbocycles. The molecule has 1 aliphatic carbocycles. The smallest absolute Gasteiger partial charge is 0.236 e. The Morgan fingerprint density at radius 3 is 0.925 bits per heavy atom. The van der Waals surface area contributed by atoms with Crippen molar-refractivity contribution in [3.63, 3.8) is 0 Å². The van der Waals surface area contributed by atoms with E-state index in [4.69, 9.17) is 0 Å². The third-order valence-corrected chi connectivity index (χ3v) is 17.3. The lowest BCUT2D eigenvalue weighted by atomic mass is 9.66. The van der Waals surface area contributed by atoms with E-state index < -0.39 is 40.5 Å². The van der Waals surface area contributed by atoms with E-state index in [1.807, 2.05) is 109 Å². The Labute approximate surface area is 466 Å². The molecule has 1 fully saturated rings. The van der Waals surface area contributed by atoms with E-state index in [1.165, 1.54) is 0 Å². The maximum absolute atomic E-state index is 16.1. The highest BCUT2D eigenvalue weighted by atomic mass is 16.3. The van der Waals surface area contributed by atoms with Gasteiger partial charge in [0.25, 0.3) is 0 Å². The molecule has 392 valence electrons. The monoisotopic (exact) mass is 1040 g/mol. The Kier molecular flexibility index (Phi) is 13.3. The van der Waals surface area contributed by atoms with Crippen molar-refractivity contribution in [2.45, 2.75) is 68.2 Å². The lowest BCUT2D eigenvalue weighted by Crippen LogP contribution is -2.61. The highest BCUT2D eigenvalue weighted by Gasteiger charge is 2.54. The number of carbonyl (C=O) groups is 2. The van der Waals surface area contributed by atoms with Gasteiger partial charge in [0.15, 0.2) is 0 Å². The van der Waals surface area contributed by atoms with E-state index in [1.54, 1.807) is 0 Å². The van der Waals surface area contributed by atoms with Gasteiger partial charge in [0.1, 0.15) is 5.41 Å². The van der Waals surface area contributed by atoms with Gasteiger partial charge in [0.05, 0.1) is 23.3 Å². The van der Waals surface area contributed by atoms with Crippen molar-refractivity contribution in [2.75, 3.05) is 0 Å². The van der Waals surface area contributed by atoms with Crippen molar-refractivity contribution in [2.24, 2.45) is 5.41 Å². The van der Waals surface area contributed by atoms with Crippen molar-refractivity contribution in [1.29, 1.82) is 0 Å². The summed E-state index contributed by atoms with van der Waals surface area (Å²) in [6.45, 7) is 0. The van der Waals surface area contributed by atoms with E-state index in [9.17, 15) is 10.2 Å². The Morgan fingerprint density at radius 1 is 0.350 bits per heavy atom. The first-order valence-corrected chi connectivity index (χ1v) is 28.0. The minimum absolute atomic E-state index is 0.192. The first kappa shape index (κ1) is 50.6. The zero-order valence-corrected chi connectivity index (χ0v) is 44.6. The second kappa shape index (κ2) is 21.0. The average molecular weight is 1040 g/mol. The molecule has 1 aliphatic rings. The molecule has 0 heterocycles. The molecule has 0 saturated heterocycles. The highest BCUT2D eigenvalue weighted by Crippen LogP contribution is 2.46. The molecule has 80 heavy (non-hydrogen) atoms. The minimum Gasteiger partial charge on any atom is -0.387 e. The quantitative estimate of drug-likeness (QED) is 0.0725. The average Bonchev–Trinajstić information content (AvgIpc) is 3.58. The largest absolute Gasteiger partial charge is 0.387 e. The van der Waals surface area contributed by atoms with Gasteiger partial charge in [-0.2, -0.15) is 0 Å². The summed E-state index contributed by atoms with van der Waals surface area (Å²) in [4.78, 5) is 32.2. The molecule has 12 aromatic carbocycles. The maximum Gasteiger partial charge on any atom is 0.236 e. The van der Waals surface area contributed by atoms with Gasteiger partial charge in [0, 0.05) is 25.7 Å². The number of rotatable bonds is 16. The minimum atomic E-state index is -1.63. The highest BCUT2D eigenvalue weighted by molar-refractivity contribution is 6.07. The van der Waals surface area contributed by atoms with Crippen LogP contribution < -0.4 is 10.6 Å². The molecule has 0 radical (unpaired) electrons. The van der Waals surface area contributed by atoms with Gasteiger partial charge in [-0.25, -0.2) is 0 Å². The summed E-state index contributed by atoms with van der Waals surface area (Å²) in [5.74, 6) is -0.919. The Hall–Kier alpha value is -8.94. The number of amides is 2. The molecule has 0 spiro atoms. The number of benzene rings is 12. The van der Waals surface area contributed by atoms with Crippen LogP contribution in [0.4, 0.5) is 0 Å². The lowest BCUT2D eigenvalue weighted by molar-refractivity contribution is -0.153. The van der Waals surface area contributed by atoms with Gasteiger partial charge in [-0.1, -0.05) is 261 Å². The number of aliphatic hydroxyl groups is 2. The van der Waals surface area contributed by atoms with Crippen LogP contribution in [0.25, 0.3) is 64.6 Å². The first-order chi connectivity index (χ1) is 39.1. The lowest BCUT2D eigenvalue weighted by Gasteiger charge is -2.45. The summed E-state index contributed by atoms with van der Waals surface area (Å²) in [7, 11) is 0. The number of nitrogens with one attached hydrogen (secondary N) is 2. The van der Waals surface area contributed by atoms with Crippen molar-refractivity contribution in [1.82, 2.24) is 10.6 Å². The maximum atomic E-state index is 16.1. The summed E-state index contributed by atoms with van der Waals surface area (Å²) in [6, 6.07) is 84.3. The fraction of sp³-hybridized carbons (Fsp3) is 0.162. The van der Waals surface area contributed by atoms with E-state index >= 15 is 9.59 Å². The van der Waals surface area contributed by atoms with Crippen LogP contribution in [0.2, 0.25) is 0 Å². The van der Waals surface area contributed by atoms with Gasteiger partial charge < -0.3 is 20.8 Å². The van der Waals surface area contributed by atoms with Gasteiger partial charge >= 0.3 is 0 Å². The first-order valence-electron chi connectivity index (χ1n) is 28.0. The second-order valence-electron chi connectivity index (χ2n) is 22.5. The normalized spacial score (nSPS) is 14.3. The van der Waals surface area contributed by atoms with Crippen LogP contribution in [0.5, 0.6) is 0 Å². The van der Waals surface area contributed by atoms with Crippen molar-refractivity contribution in [3.8, 4) is 0 Å². The summed E-state index contributed by atoms with van der Waals surface area (Å²) >= 11 is 0. The third-order valence-electron chi connectivity index (χ3n) is 17.3. The molecule has 0 aliphatic heterocycles. The molecule has 12 aromatic rings. The number of fused-ring (bicyclic) bond motifs is 6. The second-order valence-corrected chi connectivity index (χ2v) is 22.5. The molecule has 6 nitrogen and oxygen atoms in total. The Bertz CT molecular complexity index is 3870. The molecule has 13 rings (SSSR count). The zero-order chi connectivity index (χ0) is 54.3. The van der Waals surface area contributed by atoms with Gasteiger partial charge in [-0.3, -0.25) is 9.59 Å². The molecular formula is C74H62N2O4. The van der Waals surface area contributed by atoms with E-state index in [-0.39, 0.29) is 38.5 Å². The Balaban J connectivity index is 0.930. The summed E-state index contributed by atoms with van der Waals surface area (Å²) < 4.78 is 0. The predicted molar refractivity (Wildman–Crippen MR) is 326 cm³/mol. The summed E-state index contributed by atoms with van der Waals surface area (Å²) in [6.07, 6.45) is 1.99. The Morgan fingerprint density at radius 2 is 0.625 bits per heavy atom. The molecule has 0 aromatic heterocycles. The summed E-state index contributed by atoms with van der Waals surface area (Å²) in [5.41, 5.74) is 0.374. The molecule has 2 atom stereocenters. The van der Waals surface area contributed by atoms with Gasteiger partial charge in [-0.05, 0) is 111 Å². The SMILES string of the molecule is O=C(N[C@@H](c1cccc2ccccc12)C(O)(Cc1ccc2ccccc2c1)Cc1ccc2ccccc2c1)C1(C(=O)N[C@@H](c2cccc3ccccc23)C(O)(Cc2ccc3ccccc3c2)Cc2ccc3ccccc3c2)CCC1. The van der Waals surface area contributed by atoms with Crippen LogP contribution in [0, 0.1) is 5.41 Å². The van der Waals surface area contributed by atoms with Crippen molar-refractivity contribution < 1.29 is 19.8 Å². The molecule has 0 unspecified atom stereocenters. The van der Waals surface area contributed by atoms with Crippen molar-refractivity contribution >= 4 is 76.4 Å². The molecular weight excluding hydrogens is 981 g/mol. The summed E-state index contributed by atoms with van der Waals surface area (Å²) in [5, 5.41) is 47.4. The third kappa shape index (κ3) is 9.76. The fourth-order valence-electron chi connectivity index (χ4n) is 13.0. The fourth-order valence-corrected chi connectivity index (χ4v) is 13.0. The van der Waals surface area contributed by atoms with Crippen LogP contribution in [0.3, 0.4) is 0 Å². The number of carbonyl (C=O) groups excluding carboxylic acids is 2. The van der Waals surface area contributed by atoms with Crippen LogP contribution in [-0.4, -0.2) is 33.2 Å². The standard InChI is InChI=1S/C74H62N2O4/c77-70(75-68(66-30-13-26-58-20-9-11-28-64(58)66)73(79,46-50-32-36-54-16-1-5-22-60(54)42-50)47-51-33-37-55-17-2-6-23-61(55)43-51)72(40-15-41-72)71(78)76-69(67-31-14-27-59-21-10-12-29-65(59)67)74(80,48-52-34-38-56-18-3-7-24-62(56)44-52)49-53-35-39-57-19-4-8-25-63(57)45-53/h1-14,16-39,42-45,68-69,79-80H,15,40-41,46-49H2,(H,75,77)(H,76,78)/t68-,69-/m0/s1. The van der Waals surface area contributed by atoms with Crippen LogP contribution >= 0.6 is 0 Å². The van der Waals surface area contributed by atoms with Crippen LogP contribution in [-0.2, 0) is 35.3 Å². The molecule has 0 bridgehead atoms. The molecule has 2 amide bonds. The van der Waals surface area contributed by atoms with E-state index in [0.717, 1.165) is 98.0 Å². The van der Waals surface area contributed by atoms with Crippen LogP contribution in [0.15, 0.2) is 255 Å². The topological polar surface area (TPSA) is 98.7 Å². The molecule has 6 heteroatoms. The molecule has 4 N–H and O–H groups in total. The van der Waals surface area contributed by atoms with Crippen molar-refractivity contribution in [3.05, 3.63) is 288 Å². The van der Waals surface area contributed by atoms with Gasteiger partial charge in [-0.15, -0.1) is 0 Å². The van der Waals surface area contributed by atoms with Gasteiger partial charge in [0.2, 0.25) is 11.8 Å².